The first-order valence-electron chi connectivity index (χ1n) is 14.3. The summed E-state index contributed by atoms with van der Waals surface area (Å²) in [6, 6.07) is 4.39. The molecule has 3 atom stereocenters. The third-order valence-electron chi connectivity index (χ3n) is 6.23. The molecule has 11 heteroatoms. The third-order valence-corrected chi connectivity index (χ3v) is 6.23. The lowest BCUT2D eigenvalue weighted by Gasteiger charge is -2.27. The van der Waals surface area contributed by atoms with E-state index in [2.05, 4.69) is 0 Å². The molecular weight excluding hydrogens is 534 g/mol. The normalized spacial score (nSPS) is 13.9. The molecule has 0 heterocycles. The molecule has 0 bridgehead atoms. The summed E-state index contributed by atoms with van der Waals surface area (Å²) in [5.41, 5.74) is 5.35. The second kappa shape index (κ2) is 18.2. The lowest BCUT2D eigenvalue weighted by molar-refractivity contribution is -0.151. The fourth-order valence-electron chi connectivity index (χ4n) is 3.97. The predicted octanol–water partition coefficient (Wildman–Crippen LogP) is 5.88. The van der Waals surface area contributed by atoms with Gasteiger partial charge in [0, 0.05) is 19.3 Å². The highest BCUT2D eigenvalue weighted by Gasteiger charge is 2.36. The van der Waals surface area contributed by atoms with Crippen molar-refractivity contribution in [2.45, 2.75) is 111 Å². The summed E-state index contributed by atoms with van der Waals surface area (Å²) in [4.78, 5) is 49.5. The first-order chi connectivity index (χ1) is 19.3. The van der Waals surface area contributed by atoms with Crippen molar-refractivity contribution < 1.29 is 47.6 Å². The topological polar surface area (TPSA) is 150 Å². The van der Waals surface area contributed by atoms with Crippen LogP contribution in [0, 0.1) is 5.92 Å². The number of hydrogen-bond acceptors (Lipinski definition) is 11. The van der Waals surface area contributed by atoms with Crippen LogP contribution in [0.5, 0.6) is 11.5 Å². The van der Waals surface area contributed by atoms with Gasteiger partial charge in [-0.25, -0.2) is 9.59 Å². The zero-order valence-electron chi connectivity index (χ0n) is 25.5. The quantitative estimate of drug-likeness (QED) is 0.133. The summed E-state index contributed by atoms with van der Waals surface area (Å²) >= 11 is 0. The maximum atomic E-state index is 12.7. The van der Waals surface area contributed by atoms with Gasteiger partial charge < -0.3 is 34.2 Å². The van der Waals surface area contributed by atoms with E-state index >= 15 is 0 Å². The van der Waals surface area contributed by atoms with Gasteiger partial charge in [-0.2, -0.15) is 0 Å². The van der Waals surface area contributed by atoms with Crippen LogP contribution < -0.4 is 15.2 Å². The molecule has 11 nitrogen and oxygen atoms in total. The summed E-state index contributed by atoms with van der Waals surface area (Å²) in [5.74, 6) is -0.937. The van der Waals surface area contributed by atoms with Crippen molar-refractivity contribution in [3.05, 3.63) is 23.8 Å². The van der Waals surface area contributed by atoms with Gasteiger partial charge in [0.25, 0.3) is 0 Å². The Morgan fingerprint density at radius 2 is 1.41 bits per heavy atom. The predicted molar refractivity (Wildman–Crippen MR) is 152 cm³/mol. The average molecular weight is 582 g/mol. The van der Waals surface area contributed by atoms with E-state index in [0.717, 1.165) is 12.8 Å². The molecule has 0 aliphatic rings. The zero-order chi connectivity index (χ0) is 31.0. The summed E-state index contributed by atoms with van der Waals surface area (Å²) in [6.07, 6.45) is 1.09. The van der Waals surface area contributed by atoms with Crippen LogP contribution >= 0.6 is 0 Å². The summed E-state index contributed by atoms with van der Waals surface area (Å²) in [7, 11) is 1.21. The van der Waals surface area contributed by atoms with Crippen LogP contribution in [-0.2, 0) is 35.0 Å². The number of hydrogen-bond donors (Lipinski definition) is 1. The van der Waals surface area contributed by atoms with Gasteiger partial charge >= 0.3 is 24.2 Å². The van der Waals surface area contributed by atoms with E-state index in [1.807, 2.05) is 27.7 Å². The number of rotatable bonds is 17. The molecule has 41 heavy (non-hydrogen) atoms. The van der Waals surface area contributed by atoms with Gasteiger partial charge in [0.05, 0.1) is 13.7 Å². The van der Waals surface area contributed by atoms with Crippen LogP contribution in [0.3, 0.4) is 0 Å². The highest BCUT2D eigenvalue weighted by atomic mass is 16.7. The molecule has 0 spiro atoms. The van der Waals surface area contributed by atoms with Gasteiger partial charge in [0.15, 0.2) is 11.5 Å². The highest BCUT2D eigenvalue weighted by molar-refractivity contribution is 5.81. The van der Waals surface area contributed by atoms with Gasteiger partial charge in [0.1, 0.15) is 17.7 Å². The number of nitrogens with two attached hydrogens (primary N) is 1. The zero-order valence-corrected chi connectivity index (χ0v) is 25.5. The molecule has 0 fully saturated rings. The Labute approximate surface area is 243 Å². The molecule has 1 aromatic carbocycles. The molecule has 1 rings (SSSR count). The third kappa shape index (κ3) is 13.7. The maximum Gasteiger partial charge on any atom is 0.514 e. The van der Waals surface area contributed by atoms with Gasteiger partial charge in [-0.3, -0.25) is 9.59 Å². The second-order valence-corrected chi connectivity index (χ2v) is 10.6. The van der Waals surface area contributed by atoms with Gasteiger partial charge in [-0.05, 0) is 56.7 Å². The number of carbonyl (C=O) groups excluding carboxylic acids is 4. The van der Waals surface area contributed by atoms with Crippen LogP contribution in [-0.4, -0.2) is 55.7 Å². The van der Waals surface area contributed by atoms with Crippen LogP contribution in [0.4, 0.5) is 9.59 Å². The minimum atomic E-state index is -1.56. The second-order valence-electron chi connectivity index (χ2n) is 10.6. The van der Waals surface area contributed by atoms with Gasteiger partial charge in [-0.15, -0.1) is 0 Å². The fourth-order valence-corrected chi connectivity index (χ4v) is 3.97. The molecule has 1 aromatic rings. The van der Waals surface area contributed by atoms with E-state index in [0.29, 0.717) is 30.7 Å². The monoisotopic (exact) mass is 581 g/mol. The SMILES string of the molecule is CCCC(C)OC(=O)Oc1cc(C[C@](N)(CCOC(=O)CCC(C)C)C(=O)OC)ccc1OC(=O)O[C@@H](C)CCC. The van der Waals surface area contributed by atoms with Crippen molar-refractivity contribution in [2.75, 3.05) is 13.7 Å². The summed E-state index contributed by atoms with van der Waals surface area (Å²) in [6.45, 7) is 11.3. The van der Waals surface area contributed by atoms with Crippen molar-refractivity contribution in [1.82, 2.24) is 0 Å². The molecule has 0 aliphatic heterocycles. The van der Waals surface area contributed by atoms with Gasteiger partial charge in [0.2, 0.25) is 0 Å². The Bertz CT molecular complexity index is 995. The molecule has 0 aliphatic carbocycles. The van der Waals surface area contributed by atoms with Gasteiger partial charge in [-0.1, -0.05) is 46.6 Å². The molecule has 1 unspecified atom stereocenters. The lowest BCUT2D eigenvalue weighted by atomic mass is 9.88. The number of benzene rings is 1. The molecule has 0 aromatic heterocycles. The van der Waals surface area contributed by atoms with Crippen molar-refractivity contribution in [1.29, 1.82) is 0 Å². The van der Waals surface area contributed by atoms with Crippen LogP contribution in [0.25, 0.3) is 0 Å². The van der Waals surface area contributed by atoms with E-state index in [9.17, 15) is 19.2 Å². The highest BCUT2D eigenvalue weighted by Crippen LogP contribution is 2.31. The molecule has 0 saturated carbocycles. The summed E-state index contributed by atoms with van der Waals surface area (Å²) < 4.78 is 31.5. The number of ether oxygens (including phenoxy) is 6. The van der Waals surface area contributed by atoms with E-state index in [4.69, 9.17) is 34.2 Å². The molecule has 0 radical (unpaired) electrons. The van der Waals surface area contributed by atoms with E-state index < -0.39 is 23.8 Å². The Hall–Kier alpha value is -3.34. The van der Waals surface area contributed by atoms with E-state index in [1.54, 1.807) is 19.9 Å². The minimum Gasteiger partial charge on any atom is -0.468 e. The van der Waals surface area contributed by atoms with Crippen molar-refractivity contribution in [2.24, 2.45) is 11.7 Å². The first-order valence-corrected chi connectivity index (χ1v) is 14.3. The van der Waals surface area contributed by atoms with E-state index in [1.165, 1.54) is 19.2 Å². The Kier molecular flexibility index (Phi) is 15.8. The van der Waals surface area contributed by atoms with Crippen molar-refractivity contribution in [3.8, 4) is 11.5 Å². The fraction of sp³-hybridized carbons (Fsp3) is 0.667. The van der Waals surface area contributed by atoms with Crippen molar-refractivity contribution in [3.63, 3.8) is 0 Å². The average Bonchev–Trinajstić information content (AvgIpc) is 2.88. The smallest absolute Gasteiger partial charge is 0.468 e. The Morgan fingerprint density at radius 3 is 1.93 bits per heavy atom. The van der Waals surface area contributed by atoms with Crippen LogP contribution in [0.15, 0.2) is 18.2 Å². The molecule has 2 N–H and O–H groups in total. The molecule has 0 saturated heterocycles. The first kappa shape index (κ1) is 35.7. The number of methoxy groups -OCH3 is 1. The maximum absolute atomic E-state index is 12.7. The Balaban J connectivity index is 3.16. The number of esters is 2. The summed E-state index contributed by atoms with van der Waals surface area (Å²) in [5, 5.41) is 0. The van der Waals surface area contributed by atoms with Crippen LogP contribution in [0.2, 0.25) is 0 Å². The minimum absolute atomic E-state index is 0.0141. The lowest BCUT2D eigenvalue weighted by Crippen LogP contribution is -2.51. The largest absolute Gasteiger partial charge is 0.514 e. The standard InChI is InChI=1S/C30H47NO10/c1-8-10-21(5)38-28(34)40-24-14-13-23(18-25(24)41-29(35)39-22(6)11-9-2)19-30(31,27(33)36-7)16-17-37-26(32)15-12-20(3)4/h13-14,18,20-22H,8-12,15-17,19,31H2,1-7H3/t21-,22?,30+/m0/s1. The van der Waals surface area contributed by atoms with Crippen molar-refractivity contribution >= 4 is 24.2 Å². The van der Waals surface area contributed by atoms with E-state index in [-0.39, 0.29) is 55.5 Å². The number of carbonyl (C=O) groups is 4. The molecule has 0 amide bonds. The van der Waals surface area contributed by atoms with Crippen LogP contribution in [0.1, 0.15) is 92.1 Å². The Morgan fingerprint density at radius 1 is 0.854 bits per heavy atom. The molecular formula is C30H47NO10. The molecule has 232 valence electrons.